The van der Waals surface area contributed by atoms with E-state index < -0.39 is 44.0 Å². The third-order valence-corrected chi connectivity index (χ3v) is 10.1. The third-order valence-electron chi connectivity index (χ3n) is 7.00. The quantitative estimate of drug-likeness (QED) is 0.613. The number of carbonyl (C=O) groups excluding carboxylic acids is 1. The standard InChI is InChI=1S/C22H33N3O5S2/c1-16(2)20-21-19(25(22(20)26)31(3,27)28)11-14-24(21)32(29,30)18-9-7-17(8-10-18)15-23-12-5-4-6-13-23/h7-10,16,19-21H,4-6,11-15H2,1-3H3/t19-,20+,21-/m0/s1. The molecule has 178 valence electrons. The number of sulfonamides is 2. The normalized spacial score (nSPS) is 27.9. The van der Waals surface area contributed by atoms with Gasteiger partial charge in [-0.1, -0.05) is 32.4 Å². The highest BCUT2D eigenvalue weighted by Crippen LogP contribution is 2.43. The van der Waals surface area contributed by atoms with Crippen LogP contribution in [0.3, 0.4) is 0 Å². The summed E-state index contributed by atoms with van der Waals surface area (Å²) in [5.41, 5.74) is 1.07. The maximum absolute atomic E-state index is 13.5. The van der Waals surface area contributed by atoms with E-state index in [9.17, 15) is 21.6 Å². The minimum Gasteiger partial charge on any atom is -0.299 e. The number of carbonyl (C=O) groups is 1. The zero-order valence-electron chi connectivity index (χ0n) is 19.0. The molecule has 32 heavy (non-hydrogen) atoms. The van der Waals surface area contributed by atoms with Crippen LogP contribution in [0.4, 0.5) is 0 Å². The average Bonchev–Trinajstić information content (AvgIpc) is 3.25. The van der Waals surface area contributed by atoms with Gasteiger partial charge in [-0.3, -0.25) is 9.69 Å². The van der Waals surface area contributed by atoms with Crippen molar-refractivity contribution >= 4 is 26.0 Å². The summed E-state index contributed by atoms with van der Waals surface area (Å²) in [5.74, 6) is -1.34. The summed E-state index contributed by atoms with van der Waals surface area (Å²) in [6, 6.07) is 5.68. The summed E-state index contributed by atoms with van der Waals surface area (Å²) < 4.78 is 54.0. The number of likely N-dealkylation sites (tertiary alicyclic amines) is 1. The molecule has 0 radical (unpaired) electrons. The predicted octanol–water partition coefficient (Wildman–Crippen LogP) is 1.88. The van der Waals surface area contributed by atoms with Crippen LogP contribution in [0, 0.1) is 11.8 Å². The molecule has 0 unspecified atom stereocenters. The molecule has 3 saturated heterocycles. The van der Waals surface area contributed by atoms with Gasteiger partial charge in [-0.15, -0.1) is 0 Å². The van der Waals surface area contributed by atoms with Crippen molar-refractivity contribution < 1.29 is 21.6 Å². The van der Waals surface area contributed by atoms with Crippen LogP contribution in [0.15, 0.2) is 29.2 Å². The number of hydrogen-bond donors (Lipinski definition) is 0. The van der Waals surface area contributed by atoms with Crippen LogP contribution in [0.25, 0.3) is 0 Å². The highest BCUT2D eigenvalue weighted by Gasteiger charge is 2.59. The maximum Gasteiger partial charge on any atom is 0.243 e. The summed E-state index contributed by atoms with van der Waals surface area (Å²) in [6.07, 6.45) is 5.00. The molecule has 0 bridgehead atoms. The van der Waals surface area contributed by atoms with Crippen LogP contribution < -0.4 is 0 Å². The van der Waals surface area contributed by atoms with Crippen molar-refractivity contribution in [3.05, 3.63) is 29.8 Å². The van der Waals surface area contributed by atoms with E-state index in [-0.39, 0.29) is 17.4 Å². The summed E-state index contributed by atoms with van der Waals surface area (Å²) in [4.78, 5) is 15.5. The van der Waals surface area contributed by atoms with Gasteiger partial charge in [0.25, 0.3) is 0 Å². The smallest absolute Gasteiger partial charge is 0.243 e. The number of hydrogen-bond acceptors (Lipinski definition) is 6. The van der Waals surface area contributed by atoms with E-state index in [1.165, 1.54) is 23.6 Å². The fourth-order valence-corrected chi connectivity index (χ4v) is 8.41. The second kappa shape index (κ2) is 8.70. The summed E-state index contributed by atoms with van der Waals surface area (Å²) in [5, 5.41) is 0. The largest absolute Gasteiger partial charge is 0.299 e. The Morgan fingerprint density at radius 1 is 0.969 bits per heavy atom. The monoisotopic (exact) mass is 483 g/mol. The lowest BCUT2D eigenvalue weighted by molar-refractivity contribution is -0.129. The van der Waals surface area contributed by atoms with Crippen LogP contribution in [0.2, 0.25) is 0 Å². The molecule has 0 saturated carbocycles. The Labute approximate surface area is 191 Å². The molecule has 1 aromatic rings. The molecule has 0 aliphatic carbocycles. The SMILES string of the molecule is CC(C)[C@H]1C(=O)N(S(C)(=O)=O)[C@H]2CCN(S(=O)(=O)c3ccc(CN4CCCCC4)cc3)[C@H]12. The molecule has 8 nitrogen and oxygen atoms in total. The third kappa shape index (κ3) is 4.22. The minimum atomic E-state index is -3.86. The number of rotatable bonds is 6. The highest BCUT2D eigenvalue weighted by atomic mass is 32.2. The molecule has 0 N–H and O–H groups in total. The van der Waals surface area contributed by atoms with Gasteiger partial charge in [0.05, 0.1) is 29.2 Å². The molecular formula is C22H33N3O5S2. The predicted molar refractivity (Wildman–Crippen MR) is 122 cm³/mol. The van der Waals surface area contributed by atoms with Gasteiger partial charge in [0.15, 0.2) is 0 Å². The van der Waals surface area contributed by atoms with Gasteiger partial charge in [0, 0.05) is 13.1 Å². The fourth-order valence-electron chi connectivity index (χ4n) is 5.55. The number of benzene rings is 1. The van der Waals surface area contributed by atoms with Crippen molar-refractivity contribution in [1.29, 1.82) is 0 Å². The summed E-state index contributed by atoms with van der Waals surface area (Å²) >= 11 is 0. The van der Waals surface area contributed by atoms with E-state index in [0.29, 0.717) is 6.42 Å². The summed E-state index contributed by atoms with van der Waals surface area (Å²) in [6.45, 7) is 6.82. The molecular weight excluding hydrogens is 450 g/mol. The average molecular weight is 484 g/mol. The number of nitrogens with zero attached hydrogens (tertiary/aromatic N) is 3. The number of piperidine rings is 1. The van der Waals surface area contributed by atoms with E-state index in [4.69, 9.17) is 0 Å². The fraction of sp³-hybridized carbons (Fsp3) is 0.682. The van der Waals surface area contributed by atoms with Gasteiger partial charge in [0.2, 0.25) is 26.0 Å². The molecule has 3 aliphatic heterocycles. The van der Waals surface area contributed by atoms with E-state index >= 15 is 0 Å². The first-order valence-electron chi connectivity index (χ1n) is 11.4. The van der Waals surface area contributed by atoms with Crippen molar-refractivity contribution in [1.82, 2.24) is 13.5 Å². The lowest BCUT2D eigenvalue weighted by atomic mass is 9.89. The topological polar surface area (TPSA) is 95.1 Å². The second-order valence-corrected chi connectivity index (χ2v) is 13.4. The Morgan fingerprint density at radius 3 is 2.16 bits per heavy atom. The van der Waals surface area contributed by atoms with Gasteiger partial charge >= 0.3 is 0 Å². The molecule has 10 heteroatoms. The van der Waals surface area contributed by atoms with Crippen molar-refractivity contribution in [3.8, 4) is 0 Å². The Morgan fingerprint density at radius 2 is 1.59 bits per heavy atom. The lowest BCUT2D eigenvalue weighted by Gasteiger charge is -2.29. The first-order valence-corrected chi connectivity index (χ1v) is 14.7. The second-order valence-electron chi connectivity index (χ2n) is 9.61. The number of amides is 1. The Kier molecular flexibility index (Phi) is 6.43. The molecule has 3 heterocycles. The summed E-state index contributed by atoms with van der Waals surface area (Å²) in [7, 11) is -7.62. The van der Waals surface area contributed by atoms with E-state index in [0.717, 1.165) is 35.8 Å². The Balaban J connectivity index is 1.59. The van der Waals surface area contributed by atoms with E-state index in [1.54, 1.807) is 12.1 Å². The van der Waals surface area contributed by atoms with Gasteiger partial charge in [-0.2, -0.15) is 4.31 Å². The lowest BCUT2D eigenvalue weighted by Crippen LogP contribution is -2.44. The molecule has 3 aliphatic rings. The molecule has 3 atom stereocenters. The first kappa shape index (κ1) is 23.7. The van der Waals surface area contributed by atoms with E-state index in [1.807, 2.05) is 26.0 Å². The molecule has 1 amide bonds. The molecule has 1 aromatic carbocycles. The maximum atomic E-state index is 13.5. The minimum absolute atomic E-state index is 0.176. The van der Waals surface area contributed by atoms with Crippen LogP contribution >= 0.6 is 0 Å². The van der Waals surface area contributed by atoms with E-state index in [2.05, 4.69) is 4.90 Å². The molecule has 0 spiro atoms. The van der Waals surface area contributed by atoms with Crippen LogP contribution in [-0.4, -0.2) is 74.2 Å². The zero-order valence-corrected chi connectivity index (χ0v) is 20.6. The Bertz CT molecular complexity index is 1060. The Hall–Kier alpha value is -1.49. The number of fused-ring (bicyclic) bond motifs is 1. The van der Waals surface area contributed by atoms with Crippen LogP contribution in [0.5, 0.6) is 0 Å². The zero-order chi connectivity index (χ0) is 23.3. The molecule has 4 rings (SSSR count). The van der Waals surface area contributed by atoms with Crippen molar-refractivity contribution in [2.24, 2.45) is 11.8 Å². The van der Waals surface area contributed by atoms with Crippen molar-refractivity contribution in [2.45, 2.75) is 63.1 Å². The van der Waals surface area contributed by atoms with Crippen LogP contribution in [-0.2, 0) is 31.4 Å². The van der Waals surface area contributed by atoms with Gasteiger partial charge in [-0.05, 0) is 56.0 Å². The molecule has 0 aromatic heterocycles. The van der Waals surface area contributed by atoms with Crippen molar-refractivity contribution in [3.63, 3.8) is 0 Å². The van der Waals surface area contributed by atoms with Gasteiger partial charge < -0.3 is 0 Å². The van der Waals surface area contributed by atoms with Crippen LogP contribution in [0.1, 0.15) is 45.1 Å². The highest BCUT2D eigenvalue weighted by molar-refractivity contribution is 7.89. The van der Waals surface area contributed by atoms with Gasteiger partial charge in [-0.25, -0.2) is 21.1 Å². The molecule has 3 fully saturated rings. The first-order chi connectivity index (χ1) is 15.0. The van der Waals surface area contributed by atoms with Crippen molar-refractivity contribution in [2.75, 3.05) is 25.9 Å². The van der Waals surface area contributed by atoms with Gasteiger partial charge in [0.1, 0.15) is 0 Å².